The molecule has 0 spiro atoms. The third-order valence-corrected chi connectivity index (χ3v) is 3.71. The molecule has 0 aliphatic rings. The van der Waals surface area contributed by atoms with Crippen LogP contribution in [0.5, 0.6) is 5.75 Å². The first-order valence-corrected chi connectivity index (χ1v) is 7.32. The molecular formula is C17H14F3N3O2. The van der Waals surface area contributed by atoms with E-state index in [4.69, 9.17) is 0 Å². The van der Waals surface area contributed by atoms with Gasteiger partial charge in [0.1, 0.15) is 5.75 Å². The molecule has 0 aliphatic carbocycles. The molecule has 0 saturated heterocycles. The number of hydrogen-bond donors (Lipinski definition) is 0. The van der Waals surface area contributed by atoms with E-state index in [0.29, 0.717) is 5.69 Å². The predicted octanol–water partition coefficient (Wildman–Crippen LogP) is 3.45. The average molecular weight is 349 g/mol. The van der Waals surface area contributed by atoms with Gasteiger partial charge in [0.2, 0.25) is 0 Å². The van der Waals surface area contributed by atoms with Crippen LogP contribution in [0.4, 0.5) is 13.2 Å². The van der Waals surface area contributed by atoms with Crippen LogP contribution in [-0.4, -0.2) is 20.7 Å². The van der Waals surface area contributed by atoms with Crippen molar-refractivity contribution in [1.29, 1.82) is 0 Å². The van der Waals surface area contributed by atoms with Gasteiger partial charge in [0.25, 0.3) is 5.56 Å². The van der Waals surface area contributed by atoms with Crippen LogP contribution in [0.25, 0.3) is 16.9 Å². The molecule has 0 fully saturated rings. The van der Waals surface area contributed by atoms with E-state index in [-0.39, 0.29) is 11.3 Å². The smallest absolute Gasteiger partial charge is 0.406 e. The molecule has 1 aromatic carbocycles. The Hall–Kier alpha value is -3.03. The lowest BCUT2D eigenvalue weighted by atomic mass is 10.1. The Morgan fingerprint density at radius 3 is 2.36 bits per heavy atom. The fraction of sp³-hybridized carbons (Fsp3) is 0.176. The summed E-state index contributed by atoms with van der Waals surface area (Å²) in [7, 11) is 1.79. The molecule has 0 atom stereocenters. The van der Waals surface area contributed by atoms with Crippen LogP contribution < -0.4 is 10.3 Å². The van der Waals surface area contributed by atoms with Gasteiger partial charge in [-0.25, -0.2) is 0 Å². The molecule has 0 aliphatic heterocycles. The van der Waals surface area contributed by atoms with Crippen molar-refractivity contribution < 1.29 is 17.9 Å². The van der Waals surface area contributed by atoms with E-state index in [2.05, 4.69) is 9.84 Å². The summed E-state index contributed by atoms with van der Waals surface area (Å²) in [4.78, 5) is 12.3. The normalized spacial score (nSPS) is 11.6. The van der Waals surface area contributed by atoms with Gasteiger partial charge in [-0.1, -0.05) is 0 Å². The molecule has 0 saturated carbocycles. The second-order valence-corrected chi connectivity index (χ2v) is 5.46. The van der Waals surface area contributed by atoms with Gasteiger partial charge in [0.15, 0.2) is 0 Å². The van der Waals surface area contributed by atoms with Gasteiger partial charge in [-0.3, -0.25) is 14.0 Å². The first kappa shape index (κ1) is 16.8. The number of pyridine rings is 1. The minimum atomic E-state index is -4.76. The molecule has 2 heterocycles. The van der Waals surface area contributed by atoms with Gasteiger partial charge in [-0.15, -0.1) is 13.2 Å². The summed E-state index contributed by atoms with van der Waals surface area (Å²) < 4.78 is 43.6. The van der Waals surface area contributed by atoms with E-state index in [1.165, 1.54) is 34.9 Å². The quantitative estimate of drug-likeness (QED) is 0.728. The number of alkyl halides is 3. The molecule has 0 unspecified atom stereocenters. The first-order chi connectivity index (χ1) is 11.7. The number of aromatic nitrogens is 3. The van der Waals surface area contributed by atoms with Gasteiger partial charge in [0.05, 0.1) is 5.69 Å². The zero-order chi connectivity index (χ0) is 18.2. The van der Waals surface area contributed by atoms with Gasteiger partial charge in [0, 0.05) is 36.8 Å². The van der Waals surface area contributed by atoms with Crippen LogP contribution in [0.15, 0.2) is 53.6 Å². The summed E-state index contributed by atoms with van der Waals surface area (Å²) in [5.74, 6) is -0.344. The Bertz CT molecular complexity index is 957. The van der Waals surface area contributed by atoms with Crippen molar-refractivity contribution in [3.05, 3.63) is 64.7 Å². The van der Waals surface area contributed by atoms with E-state index >= 15 is 0 Å². The largest absolute Gasteiger partial charge is 0.573 e. The molecule has 3 aromatic rings. The lowest BCUT2D eigenvalue weighted by molar-refractivity contribution is -0.274. The average Bonchev–Trinajstić information content (AvgIpc) is 2.93. The highest BCUT2D eigenvalue weighted by Crippen LogP contribution is 2.25. The number of rotatable bonds is 3. The first-order valence-electron chi connectivity index (χ1n) is 7.32. The summed E-state index contributed by atoms with van der Waals surface area (Å²) in [6.07, 6.45) is -1.46. The van der Waals surface area contributed by atoms with Crippen molar-refractivity contribution in [2.45, 2.75) is 13.3 Å². The zero-order valence-corrected chi connectivity index (χ0v) is 13.4. The zero-order valence-electron chi connectivity index (χ0n) is 13.4. The van der Waals surface area contributed by atoms with Crippen molar-refractivity contribution >= 4 is 0 Å². The minimum Gasteiger partial charge on any atom is -0.406 e. The SMILES string of the molecule is Cc1cc(=O)n(-c2ccc(OC(F)(F)F)cc2)cc1-c1ccnn1C. The van der Waals surface area contributed by atoms with Gasteiger partial charge >= 0.3 is 6.36 Å². The Labute approximate surface area is 140 Å². The molecule has 2 aromatic heterocycles. The second-order valence-electron chi connectivity index (χ2n) is 5.46. The highest BCUT2D eigenvalue weighted by molar-refractivity contribution is 5.63. The lowest BCUT2D eigenvalue weighted by Crippen LogP contribution is -2.19. The maximum atomic E-state index is 12.3. The molecular weight excluding hydrogens is 335 g/mol. The third-order valence-electron chi connectivity index (χ3n) is 3.71. The predicted molar refractivity (Wildman–Crippen MR) is 85.7 cm³/mol. The van der Waals surface area contributed by atoms with Crippen molar-refractivity contribution in [1.82, 2.24) is 14.3 Å². The van der Waals surface area contributed by atoms with Gasteiger partial charge < -0.3 is 4.74 Å². The number of halogens is 3. The number of hydrogen-bond acceptors (Lipinski definition) is 3. The summed E-state index contributed by atoms with van der Waals surface area (Å²) in [6, 6.07) is 8.41. The van der Waals surface area contributed by atoms with Crippen molar-refractivity contribution in [2.75, 3.05) is 0 Å². The molecule has 5 nitrogen and oxygen atoms in total. The van der Waals surface area contributed by atoms with E-state index in [9.17, 15) is 18.0 Å². The molecule has 3 rings (SSSR count). The molecule has 8 heteroatoms. The van der Waals surface area contributed by atoms with E-state index in [1.807, 2.05) is 13.0 Å². The monoisotopic (exact) mass is 349 g/mol. The Morgan fingerprint density at radius 1 is 1.12 bits per heavy atom. The molecule has 0 bridgehead atoms. The Morgan fingerprint density at radius 2 is 1.80 bits per heavy atom. The number of benzene rings is 1. The second kappa shape index (κ2) is 6.12. The van der Waals surface area contributed by atoms with Gasteiger partial charge in [-0.2, -0.15) is 5.10 Å². The van der Waals surface area contributed by atoms with Crippen LogP contribution in [0, 0.1) is 6.92 Å². The fourth-order valence-corrected chi connectivity index (χ4v) is 2.54. The highest BCUT2D eigenvalue weighted by atomic mass is 19.4. The maximum Gasteiger partial charge on any atom is 0.573 e. The van der Waals surface area contributed by atoms with Gasteiger partial charge in [-0.05, 0) is 42.8 Å². The summed E-state index contributed by atoms with van der Waals surface area (Å²) >= 11 is 0. The van der Waals surface area contributed by atoms with Crippen LogP contribution in [0.1, 0.15) is 5.56 Å². The number of nitrogens with zero attached hydrogens (tertiary/aromatic N) is 3. The number of ether oxygens (including phenoxy) is 1. The van der Waals surface area contributed by atoms with E-state index < -0.39 is 6.36 Å². The summed E-state index contributed by atoms with van der Waals surface area (Å²) in [5.41, 5.74) is 2.55. The van der Waals surface area contributed by atoms with Crippen LogP contribution >= 0.6 is 0 Å². The van der Waals surface area contributed by atoms with E-state index in [0.717, 1.165) is 16.8 Å². The Balaban J connectivity index is 2.03. The fourth-order valence-electron chi connectivity index (χ4n) is 2.54. The topological polar surface area (TPSA) is 49.1 Å². The third kappa shape index (κ3) is 3.57. The standard InChI is InChI=1S/C17H14F3N3O2/c1-11-9-16(24)23(10-14(11)15-7-8-21-22(15)2)12-3-5-13(6-4-12)25-17(18,19)20/h3-10H,1-2H3. The molecule has 0 N–H and O–H groups in total. The van der Waals surface area contributed by atoms with Crippen molar-refractivity contribution in [3.63, 3.8) is 0 Å². The highest BCUT2D eigenvalue weighted by Gasteiger charge is 2.31. The number of aryl methyl sites for hydroxylation is 2. The maximum absolute atomic E-state index is 12.3. The molecule has 0 amide bonds. The molecule has 25 heavy (non-hydrogen) atoms. The minimum absolute atomic E-state index is 0.284. The van der Waals surface area contributed by atoms with Crippen LogP contribution in [0.3, 0.4) is 0 Å². The van der Waals surface area contributed by atoms with Crippen molar-refractivity contribution in [3.8, 4) is 22.7 Å². The summed E-state index contributed by atoms with van der Waals surface area (Å²) in [6.45, 7) is 1.81. The molecule has 130 valence electrons. The lowest BCUT2D eigenvalue weighted by Gasteiger charge is -2.13. The Kier molecular flexibility index (Phi) is 4.12. The van der Waals surface area contributed by atoms with Crippen LogP contribution in [0.2, 0.25) is 0 Å². The summed E-state index contributed by atoms with van der Waals surface area (Å²) in [5, 5.41) is 4.11. The van der Waals surface area contributed by atoms with E-state index in [1.54, 1.807) is 24.1 Å². The molecule has 0 radical (unpaired) electrons. The van der Waals surface area contributed by atoms with Crippen molar-refractivity contribution in [2.24, 2.45) is 7.05 Å². The van der Waals surface area contributed by atoms with Crippen LogP contribution in [-0.2, 0) is 7.05 Å².